The summed E-state index contributed by atoms with van der Waals surface area (Å²) >= 11 is 0. The molecule has 0 N–H and O–H groups in total. The van der Waals surface area contributed by atoms with Crippen LogP contribution >= 0.6 is 0 Å². The van der Waals surface area contributed by atoms with Crippen molar-refractivity contribution in [3.8, 4) is 0 Å². The zero-order chi connectivity index (χ0) is 18.4. The number of likely N-dealkylation sites (N-methyl/N-ethyl adjacent to an activating group) is 1. The van der Waals surface area contributed by atoms with Crippen molar-refractivity contribution >= 4 is 11.7 Å². The van der Waals surface area contributed by atoms with Gasteiger partial charge in [0.25, 0.3) is 5.91 Å². The average Bonchev–Trinajstić information content (AvgIpc) is 3.25. The molecule has 3 aliphatic rings. The van der Waals surface area contributed by atoms with Gasteiger partial charge in [-0.25, -0.2) is 9.97 Å². The Bertz CT molecular complexity index is 694. The smallest absolute Gasteiger partial charge is 0.291 e. The lowest BCUT2D eigenvalue weighted by molar-refractivity contribution is 0.0462. The summed E-state index contributed by atoms with van der Waals surface area (Å²) in [5, 5.41) is 0. The minimum absolute atomic E-state index is 0.00440. The highest BCUT2D eigenvalue weighted by Gasteiger charge is 2.37. The molecule has 0 radical (unpaired) electrons. The first kappa shape index (κ1) is 17.7. The largest absolute Gasteiger partial charge is 0.355 e. The molecule has 3 fully saturated rings. The number of carbonyl (C=O) groups excluding carboxylic acids is 1. The lowest BCUT2D eigenvalue weighted by Crippen LogP contribution is -2.50. The van der Waals surface area contributed by atoms with Crippen molar-refractivity contribution in [3.63, 3.8) is 0 Å². The fourth-order valence-electron chi connectivity index (χ4n) is 4.22. The monoisotopic (exact) mass is 357 g/mol. The van der Waals surface area contributed by atoms with E-state index < -0.39 is 0 Å². The van der Waals surface area contributed by atoms with Crippen LogP contribution in [0.15, 0.2) is 0 Å². The van der Waals surface area contributed by atoms with Gasteiger partial charge in [-0.05, 0) is 52.6 Å². The molecule has 0 unspecified atom stereocenters. The second-order valence-electron chi connectivity index (χ2n) is 8.69. The van der Waals surface area contributed by atoms with E-state index in [4.69, 9.17) is 4.98 Å². The fraction of sp³-hybridized carbons (Fsp3) is 0.750. The van der Waals surface area contributed by atoms with Gasteiger partial charge in [-0.1, -0.05) is 12.8 Å². The van der Waals surface area contributed by atoms with Gasteiger partial charge in [0.2, 0.25) is 5.82 Å². The zero-order valence-corrected chi connectivity index (χ0v) is 16.5. The number of likely N-dealkylation sites (tertiary alicyclic amines) is 1. The molecule has 1 aromatic heterocycles. The zero-order valence-electron chi connectivity index (χ0n) is 16.5. The fourth-order valence-corrected chi connectivity index (χ4v) is 4.22. The number of aromatic nitrogens is 2. The third-order valence-electron chi connectivity index (χ3n) is 6.36. The standard InChI is InChI=1S/C20H31N5O/c1-13-14(2)21-18(20(26)25-10-16(11-25)9-15-5-6-15)22-19(13)24-8-7-17(12-24)23(3)4/h15-17H,5-12H2,1-4H3/t17-/m1/s1. The van der Waals surface area contributed by atoms with Crippen molar-refractivity contribution < 1.29 is 4.79 Å². The van der Waals surface area contributed by atoms with E-state index in [0.717, 1.165) is 55.6 Å². The van der Waals surface area contributed by atoms with E-state index in [9.17, 15) is 4.79 Å². The van der Waals surface area contributed by atoms with Crippen LogP contribution in [0.5, 0.6) is 0 Å². The van der Waals surface area contributed by atoms with Crippen LogP contribution in [-0.2, 0) is 0 Å². The van der Waals surface area contributed by atoms with Gasteiger partial charge >= 0.3 is 0 Å². The highest BCUT2D eigenvalue weighted by molar-refractivity contribution is 5.91. The first-order valence-electron chi connectivity index (χ1n) is 9.98. The second kappa shape index (κ2) is 6.80. The van der Waals surface area contributed by atoms with Crippen molar-refractivity contribution in [1.29, 1.82) is 0 Å². The predicted molar refractivity (Wildman–Crippen MR) is 103 cm³/mol. The first-order valence-corrected chi connectivity index (χ1v) is 9.98. The Morgan fingerprint density at radius 1 is 1.08 bits per heavy atom. The SMILES string of the molecule is Cc1nc(C(=O)N2CC(CC3CC3)C2)nc(N2CC[C@@H](N(C)C)C2)c1C. The maximum Gasteiger partial charge on any atom is 0.291 e. The quantitative estimate of drug-likeness (QED) is 0.808. The molecule has 1 saturated carbocycles. The van der Waals surface area contributed by atoms with E-state index in [1.54, 1.807) is 0 Å². The lowest BCUT2D eigenvalue weighted by Gasteiger charge is -2.39. The lowest BCUT2D eigenvalue weighted by atomic mass is 9.94. The van der Waals surface area contributed by atoms with Crippen LogP contribution < -0.4 is 4.90 Å². The van der Waals surface area contributed by atoms with Gasteiger partial charge < -0.3 is 14.7 Å². The van der Waals surface area contributed by atoms with Crippen molar-refractivity contribution in [2.45, 2.75) is 45.6 Å². The first-order chi connectivity index (χ1) is 12.4. The number of hydrogen-bond donors (Lipinski definition) is 0. The topological polar surface area (TPSA) is 52.6 Å². The van der Waals surface area contributed by atoms with E-state index in [1.165, 1.54) is 19.3 Å². The van der Waals surface area contributed by atoms with Crippen molar-refractivity contribution in [2.24, 2.45) is 11.8 Å². The molecule has 6 nitrogen and oxygen atoms in total. The molecular weight excluding hydrogens is 326 g/mol. The van der Waals surface area contributed by atoms with Crippen LogP contribution in [0.25, 0.3) is 0 Å². The summed E-state index contributed by atoms with van der Waals surface area (Å²) in [5.74, 6) is 2.95. The normalized spacial score (nSPS) is 23.7. The van der Waals surface area contributed by atoms with Crippen LogP contribution in [0.1, 0.15) is 47.6 Å². The minimum atomic E-state index is 0.00440. The molecule has 2 aliphatic heterocycles. The molecule has 142 valence electrons. The number of carbonyl (C=O) groups is 1. The van der Waals surface area contributed by atoms with Crippen LogP contribution in [0.4, 0.5) is 5.82 Å². The Morgan fingerprint density at radius 2 is 1.81 bits per heavy atom. The number of hydrogen-bond acceptors (Lipinski definition) is 5. The molecule has 1 atom stereocenters. The van der Waals surface area contributed by atoms with Crippen LogP contribution in [-0.4, -0.2) is 72.0 Å². The third kappa shape index (κ3) is 3.43. The summed E-state index contributed by atoms with van der Waals surface area (Å²) in [6, 6.07) is 0.544. The van der Waals surface area contributed by atoms with Gasteiger partial charge in [0.05, 0.1) is 0 Å². The third-order valence-corrected chi connectivity index (χ3v) is 6.36. The predicted octanol–water partition coefficient (Wildman–Crippen LogP) is 2.11. The number of aryl methyl sites for hydroxylation is 1. The molecule has 26 heavy (non-hydrogen) atoms. The molecular formula is C20H31N5O. The maximum atomic E-state index is 12.9. The number of amides is 1. The molecule has 1 aliphatic carbocycles. The summed E-state index contributed by atoms with van der Waals surface area (Å²) in [6.07, 6.45) is 5.20. The Kier molecular flexibility index (Phi) is 4.63. The van der Waals surface area contributed by atoms with Crippen LogP contribution in [0.3, 0.4) is 0 Å². The van der Waals surface area contributed by atoms with Crippen molar-refractivity contribution in [1.82, 2.24) is 19.8 Å². The second-order valence-corrected chi connectivity index (χ2v) is 8.69. The van der Waals surface area contributed by atoms with Gasteiger partial charge in [-0.2, -0.15) is 0 Å². The highest BCUT2D eigenvalue weighted by Crippen LogP contribution is 2.38. The van der Waals surface area contributed by atoms with Gasteiger partial charge in [0.1, 0.15) is 5.82 Å². The molecule has 1 amide bonds. The molecule has 0 bridgehead atoms. The van der Waals surface area contributed by atoms with Gasteiger partial charge in [0, 0.05) is 43.5 Å². The number of anilines is 1. The molecule has 0 spiro atoms. The molecule has 0 aromatic carbocycles. The molecule has 3 heterocycles. The van der Waals surface area contributed by atoms with E-state index in [2.05, 4.69) is 35.8 Å². The highest BCUT2D eigenvalue weighted by atomic mass is 16.2. The van der Waals surface area contributed by atoms with Gasteiger partial charge in [-0.3, -0.25) is 4.79 Å². The van der Waals surface area contributed by atoms with E-state index in [1.807, 2.05) is 11.8 Å². The minimum Gasteiger partial charge on any atom is -0.355 e. The Morgan fingerprint density at radius 3 is 2.42 bits per heavy atom. The molecule has 4 rings (SSSR count). The van der Waals surface area contributed by atoms with Crippen molar-refractivity contribution in [3.05, 3.63) is 17.1 Å². The van der Waals surface area contributed by atoms with Crippen molar-refractivity contribution in [2.75, 3.05) is 45.2 Å². The molecule has 1 aromatic rings. The number of nitrogens with zero attached hydrogens (tertiary/aromatic N) is 5. The Hall–Kier alpha value is -1.69. The van der Waals surface area contributed by atoms with E-state index >= 15 is 0 Å². The van der Waals surface area contributed by atoms with Gasteiger partial charge in [-0.15, -0.1) is 0 Å². The summed E-state index contributed by atoms with van der Waals surface area (Å²) in [7, 11) is 4.26. The summed E-state index contributed by atoms with van der Waals surface area (Å²) < 4.78 is 0. The van der Waals surface area contributed by atoms with Crippen LogP contribution in [0, 0.1) is 25.7 Å². The summed E-state index contributed by atoms with van der Waals surface area (Å²) in [5.41, 5.74) is 2.01. The molecule has 6 heteroatoms. The van der Waals surface area contributed by atoms with E-state index in [0.29, 0.717) is 17.8 Å². The van der Waals surface area contributed by atoms with Gasteiger partial charge in [0.15, 0.2) is 0 Å². The summed E-state index contributed by atoms with van der Waals surface area (Å²) in [6.45, 7) is 7.77. The van der Waals surface area contributed by atoms with Crippen LogP contribution in [0.2, 0.25) is 0 Å². The Labute approximate surface area is 156 Å². The average molecular weight is 358 g/mol. The Balaban J connectivity index is 1.47. The molecule has 2 saturated heterocycles. The summed E-state index contributed by atoms with van der Waals surface area (Å²) in [4.78, 5) is 28.6. The van der Waals surface area contributed by atoms with E-state index in [-0.39, 0.29) is 5.91 Å². The maximum absolute atomic E-state index is 12.9. The number of rotatable bonds is 5.